The second-order valence-corrected chi connectivity index (χ2v) is 7.02. The highest BCUT2D eigenvalue weighted by molar-refractivity contribution is 5.81. The van der Waals surface area contributed by atoms with Crippen molar-refractivity contribution in [3.8, 4) is 0 Å². The second kappa shape index (κ2) is 6.88. The average Bonchev–Trinajstić information content (AvgIpc) is 3.39. The van der Waals surface area contributed by atoms with Crippen LogP contribution in [-0.2, 0) is 4.79 Å². The molecule has 1 saturated heterocycles. The molecule has 8 heteroatoms. The van der Waals surface area contributed by atoms with Crippen molar-refractivity contribution in [2.45, 2.75) is 44.7 Å². The molecule has 2 heterocycles. The summed E-state index contributed by atoms with van der Waals surface area (Å²) in [6.07, 6.45) is 4.03. The van der Waals surface area contributed by atoms with Gasteiger partial charge in [0.1, 0.15) is 0 Å². The maximum Gasteiger partial charge on any atom is 0.229 e. The van der Waals surface area contributed by atoms with Gasteiger partial charge in [-0.1, -0.05) is 0 Å². The molecule has 132 valence electrons. The number of aromatic nitrogens is 3. The van der Waals surface area contributed by atoms with Gasteiger partial charge in [0.05, 0.1) is 6.04 Å². The van der Waals surface area contributed by atoms with E-state index >= 15 is 0 Å². The normalized spacial score (nSPS) is 20.6. The molecule has 0 bridgehead atoms. The summed E-state index contributed by atoms with van der Waals surface area (Å²) in [5.41, 5.74) is 5.82. The zero-order chi connectivity index (χ0) is 17.3. The highest BCUT2D eigenvalue weighted by Gasteiger charge is 2.32. The number of nitrogen functional groups attached to an aromatic ring is 1. The third-order valence-corrected chi connectivity index (χ3v) is 4.80. The molecule has 2 fully saturated rings. The molecule has 1 aromatic rings. The van der Waals surface area contributed by atoms with Crippen LogP contribution in [0.25, 0.3) is 0 Å². The van der Waals surface area contributed by atoms with Crippen LogP contribution >= 0.6 is 0 Å². The first-order valence-corrected chi connectivity index (χ1v) is 8.67. The van der Waals surface area contributed by atoms with Gasteiger partial charge in [0, 0.05) is 39.1 Å². The molecular formula is C16H27N7O. The molecule has 0 radical (unpaired) electrons. The molecular weight excluding hydrogens is 306 g/mol. The Labute approximate surface area is 142 Å². The number of hydrogen-bond donors (Lipinski definition) is 2. The van der Waals surface area contributed by atoms with Gasteiger partial charge >= 0.3 is 0 Å². The summed E-state index contributed by atoms with van der Waals surface area (Å²) in [4.78, 5) is 29.0. The van der Waals surface area contributed by atoms with E-state index < -0.39 is 0 Å². The lowest BCUT2D eigenvalue weighted by Gasteiger charge is -2.35. The number of carbonyl (C=O) groups excluding carboxylic acids is 1. The fourth-order valence-corrected chi connectivity index (χ4v) is 3.04. The molecule has 1 aliphatic carbocycles. The van der Waals surface area contributed by atoms with Crippen LogP contribution < -0.4 is 16.0 Å². The van der Waals surface area contributed by atoms with Crippen molar-refractivity contribution in [1.29, 1.82) is 0 Å². The van der Waals surface area contributed by atoms with Gasteiger partial charge in [-0.3, -0.25) is 9.69 Å². The van der Waals surface area contributed by atoms with E-state index in [1.807, 2.05) is 19.0 Å². The van der Waals surface area contributed by atoms with Crippen molar-refractivity contribution in [2.75, 3.05) is 37.8 Å². The number of rotatable bonds is 5. The Hall–Kier alpha value is -1.96. The van der Waals surface area contributed by atoms with Gasteiger partial charge in [0.15, 0.2) is 5.82 Å². The van der Waals surface area contributed by atoms with Crippen molar-refractivity contribution in [3.05, 3.63) is 5.82 Å². The zero-order valence-corrected chi connectivity index (χ0v) is 14.7. The summed E-state index contributed by atoms with van der Waals surface area (Å²) < 4.78 is 0. The Morgan fingerprint density at radius 1 is 1.21 bits per heavy atom. The fourth-order valence-electron chi connectivity index (χ4n) is 3.04. The number of anilines is 2. The van der Waals surface area contributed by atoms with E-state index in [-0.39, 0.29) is 23.8 Å². The van der Waals surface area contributed by atoms with Crippen molar-refractivity contribution in [1.82, 2.24) is 25.2 Å². The lowest BCUT2D eigenvalue weighted by molar-refractivity contribution is -0.123. The molecule has 0 aromatic carbocycles. The first-order valence-electron chi connectivity index (χ1n) is 8.67. The number of carbonyl (C=O) groups is 1. The number of amides is 1. The number of nitrogens with zero attached hydrogens (tertiary/aromatic N) is 5. The third-order valence-electron chi connectivity index (χ3n) is 4.80. The quantitative estimate of drug-likeness (QED) is 0.812. The number of piperidine rings is 1. The van der Waals surface area contributed by atoms with E-state index in [1.165, 1.54) is 0 Å². The summed E-state index contributed by atoms with van der Waals surface area (Å²) in [7, 11) is 3.77. The topological polar surface area (TPSA) is 100 Å². The molecule has 1 aromatic heterocycles. The number of nitrogens with one attached hydrogen (secondary N) is 1. The summed E-state index contributed by atoms with van der Waals surface area (Å²) in [6, 6.07) is 0.372. The van der Waals surface area contributed by atoms with Gasteiger partial charge in [-0.2, -0.15) is 15.0 Å². The second-order valence-electron chi connectivity index (χ2n) is 7.02. The minimum atomic E-state index is 0.0779. The number of nitrogens with two attached hydrogens (primary N) is 1. The van der Waals surface area contributed by atoms with Crippen molar-refractivity contribution < 1.29 is 4.79 Å². The van der Waals surface area contributed by atoms with Gasteiger partial charge in [-0.15, -0.1) is 0 Å². The van der Waals surface area contributed by atoms with Crippen LogP contribution in [0.15, 0.2) is 0 Å². The zero-order valence-electron chi connectivity index (χ0n) is 14.7. The summed E-state index contributed by atoms with van der Waals surface area (Å²) in [6.45, 7) is 3.93. The summed E-state index contributed by atoms with van der Waals surface area (Å²) >= 11 is 0. The van der Waals surface area contributed by atoms with Crippen LogP contribution in [0.2, 0.25) is 0 Å². The van der Waals surface area contributed by atoms with E-state index in [0.29, 0.717) is 17.8 Å². The Kier molecular flexibility index (Phi) is 4.84. The first-order chi connectivity index (χ1) is 11.4. The van der Waals surface area contributed by atoms with Crippen LogP contribution in [0.4, 0.5) is 11.9 Å². The van der Waals surface area contributed by atoms with Gasteiger partial charge < -0.3 is 16.0 Å². The van der Waals surface area contributed by atoms with Crippen molar-refractivity contribution in [2.24, 2.45) is 5.92 Å². The van der Waals surface area contributed by atoms with Crippen molar-refractivity contribution >= 4 is 17.8 Å². The molecule has 1 atom stereocenters. The predicted octanol–water partition coefficient (Wildman–Crippen LogP) is 0.571. The van der Waals surface area contributed by atoms with Gasteiger partial charge in [-0.05, 0) is 32.6 Å². The van der Waals surface area contributed by atoms with Crippen molar-refractivity contribution in [3.63, 3.8) is 0 Å². The maximum absolute atomic E-state index is 11.9. The minimum absolute atomic E-state index is 0.0779. The highest BCUT2D eigenvalue weighted by Crippen LogP contribution is 2.29. The van der Waals surface area contributed by atoms with E-state index in [4.69, 9.17) is 5.73 Å². The van der Waals surface area contributed by atoms with E-state index in [9.17, 15) is 4.79 Å². The SMILES string of the molecule is CC(c1nc(N)nc(N(C)C)n1)N1CCC(NC(=O)C2CC2)CC1. The summed E-state index contributed by atoms with van der Waals surface area (Å²) in [5, 5.41) is 3.18. The first kappa shape index (κ1) is 16.9. The molecule has 1 amide bonds. The van der Waals surface area contributed by atoms with Gasteiger partial charge in [-0.25, -0.2) is 0 Å². The van der Waals surface area contributed by atoms with Crippen LogP contribution in [0.3, 0.4) is 0 Å². The molecule has 2 aliphatic rings. The minimum Gasteiger partial charge on any atom is -0.368 e. The Morgan fingerprint density at radius 3 is 2.46 bits per heavy atom. The molecule has 3 N–H and O–H groups in total. The lowest BCUT2D eigenvalue weighted by atomic mass is 10.0. The third kappa shape index (κ3) is 3.92. The predicted molar refractivity (Wildman–Crippen MR) is 92.4 cm³/mol. The van der Waals surface area contributed by atoms with Crippen LogP contribution in [-0.4, -0.2) is 59.0 Å². The summed E-state index contributed by atoms with van der Waals surface area (Å²) in [5.74, 6) is 2.05. The molecule has 0 spiro atoms. The standard InChI is InChI=1S/C16H27N7O/c1-10(13-19-15(17)21-16(20-13)22(2)3)23-8-6-12(7-9-23)18-14(24)11-4-5-11/h10-12H,4-9H2,1-3H3,(H,18,24)(H2,17,19,20,21). The fraction of sp³-hybridized carbons (Fsp3) is 0.750. The Morgan fingerprint density at radius 2 is 1.88 bits per heavy atom. The van der Waals surface area contributed by atoms with Gasteiger partial charge in [0.25, 0.3) is 0 Å². The monoisotopic (exact) mass is 333 g/mol. The van der Waals surface area contributed by atoms with Crippen LogP contribution in [0, 0.1) is 5.92 Å². The molecule has 1 saturated carbocycles. The smallest absolute Gasteiger partial charge is 0.229 e. The van der Waals surface area contributed by atoms with E-state index in [0.717, 1.165) is 38.8 Å². The van der Waals surface area contributed by atoms with Crippen LogP contribution in [0.5, 0.6) is 0 Å². The highest BCUT2D eigenvalue weighted by atomic mass is 16.2. The van der Waals surface area contributed by atoms with Gasteiger partial charge in [0.2, 0.25) is 17.8 Å². The van der Waals surface area contributed by atoms with E-state index in [1.54, 1.807) is 0 Å². The molecule has 3 rings (SSSR count). The van der Waals surface area contributed by atoms with E-state index in [2.05, 4.69) is 32.1 Å². The largest absolute Gasteiger partial charge is 0.368 e. The Balaban J connectivity index is 1.58. The maximum atomic E-state index is 11.9. The lowest BCUT2D eigenvalue weighted by Crippen LogP contribution is -2.46. The number of likely N-dealkylation sites (tertiary alicyclic amines) is 1. The van der Waals surface area contributed by atoms with Crippen LogP contribution in [0.1, 0.15) is 44.5 Å². The molecule has 1 aliphatic heterocycles. The number of hydrogen-bond acceptors (Lipinski definition) is 7. The molecule has 24 heavy (non-hydrogen) atoms. The average molecular weight is 333 g/mol. The molecule has 8 nitrogen and oxygen atoms in total. The Bertz CT molecular complexity index is 594. The molecule has 1 unspecified atom stereocenters.